The quantitative estimate of drug-likeness (QED) is 0.0517. The number of aliphatic imine (C=N–C) groups is 1. The van der Waals surface area contributed by atoms with Gasteiger partial charge in [-0.15, -0.1) is 0 Å². The Morgan fingerprint density at radius 1 is 0.865 bits per heavy atom. The van der Waals surface area contributed by atoms with Crippen LogP contribution in [-0.2, 0) is 19.2 Å². The summed E-state index contributed by atoms with van der Waals surface area (Å²) in [5.74, 6) is -2.29. The zero-order valence-electron chi connectivity index (χ0n) is 22.2. The number of carboxylic acid groups (broad SMARTS) is 1. The maximum absolute atomic E-state index is 13.1. The number of guanidine groups is 1. The van der Waals surface area contributed by atoms with Crippen LogP contribution in [0.15, 0.2) is 4.99 Å². The normalized spacial score (nSPS) is 14.2. The van der Waals surface area contributed by atoms with Crippen molar-refractivity contribution in [3.63, 3.8) is 0 Å². The molecule has 37 heavy (non-hydrogen) atoms. The van der Waals surface area contributed by atoms with Gasteiger partial charge in [0.2, 0.25) is 17.7 Å². The molecule has 0 aliphatic carbocycles. The van der Waals surface area contributed by atoms with Crippen LogP contribution in [0.2, 0.25) is 0 Å². The zero-order valence-corrected chi connectivity index (χ0v) is 23.0. The number of nitrogens with zero attached hydrogens (tertiary/aromatic N) is 1. The fourth-order valence-corrected chi connectivity index (χ4v) is 3.90. The molecule has 0 radical (unpaired) electrons. The van der Waals surface area contributed by atoms with E-state index in [0.717, 1.165) is 6.42 Å². The molecule has 0 aromatic carbocycles. The maximum Gasteiger partial charge on any atom is 0.326 e. The maximum atomic E-state index is 13.1. The number of nitrogens with two attached hydrogens (primary N) is 4. The highest BCUT2D eigenvalue weighted by Crippen LogP contribution is 2.09. The zero-order chi connectivity index (χ0) is 28.4. The standard InChI is InChI=1S/C23H46N8O5S/c1-14(2)13-18(31-19(32)15(25)7-4-5-10-24)21(34)29-16(9-12-37-3)20(33)30-17(22(35)36)8-6-11-28-23(26)27/h14-18H,4-13,24-25H2,1-3H3,(H,29,34)(H,30,33)(H,31,32)(H,35,36)(H4,26,27,28). The molecule has 0 fully saturated rings. The van der Waals surface area contributed by atoms with Gasteiger partial charge in [-0.05, 0) is 63.0 Å². The number of rotatable bonds is 20. The van der Waals surface area contributed by atoms with Crippen molar-refractivity contribution in [3.05, 3.63) is 0 Å². The van der Waals surface area contributed by atoms with Crippen LogP contribution in [0.25, 0.3) is 0 Å². The monoisotopic (exact) mass is 546 g/mol. The van der Waals surface area contributed by atoms with E-state index in [1.54, 1.807) is 0 Å². The average molecular weight is 547 g/mol. The largest absolute Gasteiger partial charge is 0.480 e. The van der Waals surface area contributed by atoms with Gasteiger partial charge in [-0.3, -0.25) is 19.4 Å². The van der Waals surface area contributed by atoms with Gasteiger partial charge in [0.25, 0.3) is 0 Å². The number of unbranched alkanes of at least 4 members (excludes halogenated alkanes) is 1. The summed E-state index contributed by atoms with van der Waals surface area (Å²) < 4.78 is 0. The number of thioether (sulfide) groups is 1. The Morgan fingerprint density at radius 2 is 1.46 bits per heavy atom. The average Bonchev–Trinajstić information content (AvgIpc) is 2.82. The van der Waals surface area contributed by atoms with Crippen LogP contribution >= 0.6 is 11.8 Å². The highest BCUT2D eigenvalue weighted by molar-refractivity contribution is 7.98. The van der Waals surface area contributed by atoms with Gasteiger partial charge in [0.05, 0.1) is 6.04 Å². The van der Waals surface area contributed by atoms with Crippen molar-refractivity contribution in [2.75, 3.05) is 25.1 Å². The summed E-state index contributed by atoms with van der Waals surface area (Å²) >= 11 is 1.48. The molecule has 0 heterocycles. The van der Waals surface area contributed by atoms with Crippen LogP contribution in [-0.4, -0.2) is 84.0 Å². The van der Waals surface area contributed by atoms with Gasteiger partial charge in [-0.1, -0.05) is 20.3 Å². The topological polar surface area (TPSA) is 241 Å². The summed E-state index contributed by atoms with van der Waals surface area (Å²) in [5.41, 5.74) is 22.0. The Kier molecular flexibility index (Phi) is 18.2. The van der Waals surface area contributed by atoms with Gasteiger partial charge in [0.1, 0.15) is 18.1 Å². The molecule has 0 spiro atoms. The Bertz CT molecular complexity index is 749. The third kappa shape index (κ3) is 16.0. The molecule has 0 saturated heterocycles. The molecule has 14 heteroatoms. The van der Waals surface area contributed by atoms with Crippen molar-refractivity contribution in [2.45, 2.75) is 83.0 Å². The molecule has 0 aliphatic heterocycles. The number of nitrogens with one attached hydrogen (secondary N) is 3. The van der Waals surface area contributed by atoms with Crippen molar-refractivity contribution in [1.29, 1.82) is 0 Å². The van der Waals surface area contributed by atoms with Crippen molar-refractivity contribution in [1.82, 2.24) is 16.0 Å². The van der Waals surface area contributed by atoms with E-state index >= 15 is 0 Å². The summed E-state index contributed by atoms with van der Waals surface area (Å²) in [6.45, 7) is 4.54. The van der Waals surface area contributed by atoms with E-state index < -0.39 is 47.9 Å². The van der Waals surface area contributed by atoms with Crippen molar-refractivity contribution >= 4 is 41.4 Å². The lowest BCUT2D eigenvalue weighted by Gasteiger charge is -2.26. The molecule has 0 rings (SSSR count). The molecular weight excluding hydrogens is 500 g/mol. The van der Waals surface area contributed by atoms with E-state index in [2.05, 4.69) is 20.9 Å². The van der Waals surface area contributed by atoms with Crippen molar-refractivity contribution in [2.24, 2.45) is 33.8 Å². The summed E-state index contributed by atoms with van der Waals surface area (Å²) in [5, 5.41) is 17.4. The SMILES string of the molecule is CSCCC(NC(=O)C(CC(C)C)NC(=O)C(N)CCCCN)C(=O)NC(CCCN=C(N)N)C(=O)O. The van der Waals surface area contributed by atoms with Crippen LogP contribution in [0, 0.1) is 5.92 Å². The molecule has 4 unspecified atom stereocenters. The number of hydrogen-bond acceptors (Lipinski definition) is 8. The van der Waals surface area contributed by atoms with Gasteiger partial charge >= 0.3 is 5.97 Å². The third-order valence-corrected chi connectivity index (χ3v) is 6.09. The van der Waals surface area contributed by atoms with Crippen molar-refractivity contribution in [3.8, 4) is 0 Å². The number of carboxylic acids is 1. The minimum atomic E-state index is -1.21. The van der Waals surface area contributed by atoms with Gasteiger partial charge in [0.15, 0.2) is 5.96 Å². The van der Waals surface area contributed by atoms with Gasteiger partial charge < -0.3 is 44.0 Å². The fraction of sp³-hybridized carbons (Fsp3) is 0.783. The van der Waals surface area contributed by atoms with E-state index in [0.29, 0.717) is 38.0 Å². The summed E-state index contributed by atoms with van der Waals surface area (Å²) in [6, 6.07) is -3.83. The smallest absolute Gasteiger partial charge is 0.326 e. The lowest BCUT2D eigenvalue weighted by molar-refractivity contribution is -0.142. The Morgan fingerprint density at radius 3 is 2.00 bits per heavy atom. The van der Waals surface area contributed by atoms with Crippen LogP contribution in [0.3, 0.4) is 0 Å². The van der Waals surface area contributed by atoms with Gasteiger partial charge in [-0.25, -0.2) is 4.79 Å². The number of carbonyl (C=O) groups is 4. The minimum absolute atomic E-state index is 0.0737. The molecule has 12 N–H and O–H groups in total. The highest BCUT2D eigenvalue weighted by atomic mass is 32.2. The number of aliphatic carboxylic acids is 1. The van der Waals surface area contributed by atoms with Crippen LogP contribution in [0.4, 0.5) is 0 Å². The van der Waals surface area contributed by atoms with E-state index in [-0.39, 0.29) is 31.3 Å². The number of hydrogen-bond donors (Lipinski definition) is 8. The first-order valence-electron chi connectivity index (χ1n) is 12.6. The van der Waals surface area contributed by atoms with Crippen molar-refractivity contribution < 1.29 is 24.3 Å². The first-order chi connectivity index (χ1) is 17.4. The van der Waals surface area contributed by atoms with Crippen LogP contribution < -0.4 is 38.9 Å². The fourth-order valence-electron chi connectivity index (χ4n) is 3.43. The van der Waals surface area contributed by atoms with Crippen LogP contribution in [0.5, 0.6) is 0 Å². The van der Waals surface area contributed by atoms with Crippen LogP contribution in [0.1, 0.15) is 58.8 Å². The molecular formula is C23H46N8O5S. The Hall–Kier alpha value is -2.58. The molecule has 0 aromatic heterocycles. The Labute approximate surface area is 223 Å². The molecule has 0 aromatic rings. The first kappa shape index (κ1) is 34.4. The number of carbonyl (C=O) groups excluding carboxylic acids is 3. The van der Waals surface area contributed by atoms with Gasteiger partial charge in [0, 0.05) is 6.54 Å². The third-order valence-electron chi connectivity index (χ3n) is 5.45. The molecule has 0 saturated carbocycles. The predicted molar refractivity (Wildman–Crippen MR) is 147 cm³/mol. The van der Waals surface area contributed by atoms with E-state index in [9.17, 15) is 24.3 Å². The lowest BCUT2D eigenvalue weighted by Crippen LogP contribution is -2.57. The summed E-state index contributed by atoms with van der Waals surface area (Å²) in [7, 11) is 0. The summed E-state index contributed by atoms with van der Waals surface area (Å²) in [4.78, 5) is 54.2. The lowest BCUT2D eigenvalue weighted by atomic mass is 10.0. The minimum Gasteiger partial charge on any atom is -0.480 e. The molecule has 3 amide bonds. The van der Waals surface area contributed by atoms with E-state index in [4.69, 9.17) is 22.9 Å². The second-order valence-corrected chi connectivity index (χ2v) is 10.3. The van der Waals surface area contributed by atoms with Gasteiger partial charge in [-0.2, -0.15) is 11.8 Å². The first-order valence-corrected chi connectivity index (χ1v) is 14.0. The molecule has 0 bridgehead atoms. The summed E-state index contributed by atoms with van der Waals surface area (Å²) in [6.07, 6.45) is 4.80. The predicted octanol–water partition coefficient (Wildman–Crippen LogP) is -1.17. The Balaban J connectivity index is 5.37. The second-order valence-electron chi connectivity index (χ2n) is 9.27. The molecule has 0 aliphatic rings. The highest BCUT2D eigenvalue weighted by Gasteiger charge is 2.30. The second kappa shape index (κ2) is 19.5. The molecule has 13 nitrogen and oxygen atoms in total. The van der Waals surface area contributed by atoms with E-state index in [1.807, 2.05) is 20.1 Å². The molecule has 214 valence electrons. The number of amides is 3. The molecule has 4 atom stereocenters. The van der Waals surface area contributed by atoms with E-state index in [1.165, 1.54) is 11.8 Å².